The molecule has 21 heavy (non-hydrogen) atoms. The van der Waals surface area contributed by atoms with Crippen molar-refractivity contribution in [3.8, 4) is 5.75 Å². The Hall–Kier alpha value is -1.07. The molecule has 0 radical (unpaired) electrons. The second-order valence-electron chi connectivity index (χ2n) is 5.77. The minimum atomic E-state index is -3.30. The van der Waals surface area contributed by atoms with Gasteiger partial charge in [-0.3, -0.25) is 0 Å². The minimum Gasteiger partial charge on any atom is -0.494 e. The summed E-state index contributed by atoms with van der Waals surface area (Å²) < 4.78 is 27.3. The summed E-state index contributed by atoms with van der Waals surface area (Å²) in [6, 6.07) is 6.43. The maximum atomic E-state index is 10.8. The second kappa shape index (κ2) is 7.80. The number of ether oxygens (including phenoxy) is 1. The zero-order chi connectivity index (χ0) is 15.1. The normalized spacial score (nSPS) is 14.7. The number of sulfonamides is 1. The molecular weight excluding hydrogens is 286 g/mol. The van der Waals surface area contributed by atoms with Crippen molar-refractivity contribution < 1.29 is 13.2 Å². The fraction of sp³-hybridized carbons (Fsp3) is 0.625. The Kier molecular flexibility index (Phi) is 6.06. The molecule has 0 aromatic heterocycles. The van der Waals surface area contributed by atoms with Gasteiger partial charge in [-0.05, 0) is 61.8 Å². The lowest BCUT2D eigenvalue weighted by atomic mass is 9.92. The molecule has 0 unspecified atom stereocenters. The van der Waals surface area contributed by atoms with Crippen LogP contribution in [0.5, 0.6) is 5.75 Å². The van der Waals surface area contributed by atoms with E-state index in [1.165, 1.54) is 36.8 Å². The molecule has 1 aromatic carbocycles. The molecule has 0 aliphatic heterocycles. The van der Waals surface area contributed by atoms with Gasteiger partial charge in [0.15, 0.2) is 0 Å². The van der Waals surface area contributed by atoms with Crippen LogP contribution in [-0.2, 0) is 22.9 Å². The van der Waals surface area contributed by atoms with E-state index in [9.17, 15) is 8.42 Å². The summed E-state index contributed by atoms with van der Waals surface area (Å²) in [5.74, 6) is 1.04. The van der Waals surface area contributed by atoms with Gasteiger partial charge in [0.05, 0.1) is 12.4 Å². The van der Waals surface area contributed by atoms with Crippen molar-refractivity contribution in [3.05, 3.63) is 29.3 Å². The van der Waals surface area contributed by atoms with Crippen LogP contribution in [0.2, 0.25) is 0 Å². The van der Waals surface area contributed by atoms with Crippen molar-refractivity contribution in [2.45, 2.75) is 51.4 Å². The van der Waals surface area contributed by atoms with Crippen LogP contribution in [0.25, 0.3) is 0 Å². The monoisotopic (exact) mass is 311 g/mol. The molecule has 0 saturated heterocycles. The molecule has 0 fully saturated rings. The molecule has 1 aromatic rings. The van der Waals surface area contributed by atoms with E-state index in [2.05, 4.69) is 18.2 Å². The number of fused-ring (bicyclic) bond motifs is 1. The summed E-state index contributed by atoms with van der Waals surface area (Å²) >= 11 is 0. The third kappa shape index (κ3) is 6.06. The van der Waals surface area contributed by atoms with Crippen LogP contribution in [0.3, 0.4) is 0 Å². The summed E-state index contributed by atoms with van der Waals surface area (Å²) in [6.45, 7) is 0.689. The second-order valence-corrected chi connectivity index (χ2v) is 7.50. The Morgan fingerprint density at radius 1 is 1.00 bits per heavy atom. The molecule has 0 heterocycles. The Morgan fingerprint density at radius 2 is 1.71 bits per heavy atom. The first-order chi connectivity index (χ1) is 10.0. The van der Waals surface area contributed by atoms with Gasteiger partial charge in [-0.25, -0.2) is 13.6 Å². The van der Waals surface area contributed by atoms with Crippen LogP contribution in [0.15, 0.2) is 18.2 Å². The maximum absolute atomic E-state index is 10.8. The molecule has 1 aliphatic rings. The first kappa shape index (κ1) is 16.3. The van der Waals surface area contributed by atoms with E-state index in [1.54, 1.807) is 0 Å². The average molecular weight is 311 g/mol. The van der Waals surface area contributed by atoms with Crippen molar-refractivity contribution in [2.75, 3.05) is 12.4 Å². The number of primary sulfonamides is 1. The molecule has 1 aliphatic carbocycles. The summed E-state index contributed by atoms with van der Waals surface area (Å²) in [6.07, 6.45) is 8.37. The Bertz CT molecular complexity index is 555. The molecule has 0 bridgehead atoms. The highest BCUT2D eigenvalue weighted by atomic mass is 32.2. The molecule has 4 nitrogen and oxygen atoms in total. The Balaban J connectivity index is 1.63. The van der Waals surface area contributed by atoms with Gasteiger partial charge in [0.1, 0.15) is 5.75 Å². The van der Waals surface area contributed by atoms with Gasteiger partial charge in [0.2, 0.25) is 10.0 Å². The standard InChI is InChI=1S/C16H25NO3S/c17-21(18,19)12-6-2-1-5-11-20-16-10-9-14-7-3-4-8-15(14)13-16/h9-10,13H,1-8,11-12H2,(H2,17,18,19). The van der Waals surface area contributed by atoms with Crippen molar-refractivity contribution in [1.82, 2.24) is 0 Å². The smallest absolute Gasteiger partial charge is 0.209 e. The fourth-order valence-electron chi connectivity index (χ4n) is 2.75. The predicted molar refractivity (Wildman–Crippen MR) is 85.0 cm³/mol. The van der Waals surface area contributed by atoms with E-state index in [4.69, 9.17) is 9.88 Å². The molecule has 2 rings (SSSR count). The van der Waals surface area contributed by atoms with Crippen LogP contribution in [-0.4, -0.2) is 20.8 Å². The topological polar surface area (TPSA) is 69.4 Å². The van der Waals surface area contributed by atoms with E-state index in [1.807, 2.05) is 0 Å². The number of hydrogen-bond acceptors (Lipinski definition) is 3. The molecular formula is C16H25NO3S. The summed E-state index contributed by atoms with van der Waals surface area (Å²) in [7, 11) is -3.30. The number of benzene rings is 1. The first-order valence-electron chi connectivity index (χ1n) is 7.80. The summed E-state index contributed by atoms with van der Waals surface area (Å²) in [4.78, 5) is 0. The largest absolute Gasteiger partial charge is 0.494 e. The highest BCUT2D eigenvalue weighted by Gasteiger charge is 2.09. The van der Waals surface area contributed by atoms with Gasteiger partial charge >= 0.3 is 0 Å². The Morgan fingerprint density at radius 3 is 2.48 bits per heavy atom. The highest BCUT2D eigenvalue weighted by Crippen LogP contribution is 2.25. The number of rotatable bonds is 8. The zero-order valence-electron chi connectivity index (χ0n) is 12.5. The highest BCUT2D eigenvalue weighted by molar-refractivity contribution is 7.89. The van der Waals surface area contributed by atoms with Crippen LogP contribution < -0.4 is 9.88 Å². The molecule has 2 N–H and O–H groups in total. The number of nitrogens with two attached hydrogens (primary N) is 1. The van der Waals surface area contributed by atoms with Gasteiger partial charge in [0, 0.05) is 0 Å². The van der Waals surface area contributed by atoms with Crippen LogP contribution in [0.4, 0.5) is 0 Å². The van der Waals surface area contributed by atoms with Gasteiger partial charge < -0.3 is 4.74 Å². The average Bonchev–Trinajstić information content (AvgIpc) is 2.45. The SMILES string of the molecule is NS(=O)(=O)CCCCCCOc1ccc2c(c1)CCCC2. The maximum Gasteiger partial charge on any atom is 0.209 e. The number of aryl methyl sites for hydroxylation is 2. The summed E-state index contributed by atoms with van der Waals surface area (Å²) in [5.41, 5.74) is 2.91. The molecule has 5 heteroatoms. The van der Waals surface area contributed by atoms with Crippen LogP contribution >= 0.6 is 0 Å². The van der Waals surface area contributed by atoms with Gasteiger partial charge in [0.25, 0.3) is 0 Å². The van der Waals surface area contributed by atoms with Crippen molar-refractivity contribution in [1.29, 1.82) is 0 Å². The van der Waals surface area contributed by atoms with Crippen LogP contribution in [0, 0.1) is 0 Å². The first-order valence-corrected chi connectivity index (χ1v) is 9.51. The lowest BCUT2D eigenvalue weighted by Gasteiger charge is -2.16. The third-order valence-electron chi connectivity index (χ3n) is 3.91. The van der Waals surface area contributed by atoms with Crippen LogP contribution in [0.1, 0.15) is 49.7 Å². The summed E-state index contributed by atoms with van der Waals surface area (Å²) in [5, 5.41) is 4.96. The van der Waals surface area contributed by atoms with E-state index < -0.39 is 10.0 Å². The number of hydrogen-bond donors (Lipinski definition) is 1. The van der Waals surface area contributed by atoms with E-state index in [0.717, 1.165) is 25.0 Å². The van der Waals surface area contributed by atoms with E-state index in [-0.39, 0.29) is 5.75 Å². The van der Waals surface area contributed by atoms with Gasteiger partial charge in [-0.15, -0.1) is 0 Å². The Labute approximate surface area is 127 Å². The minimum absolute atomic E-state index is 0.0820. The molecule has 0 spiro atoms. The van der Waals surface area contributed by atoms with E-state index >= 15 is 0 Å². The third-order valence-corrected chi connectivity index (χ3v) is 4.77. The molecule has 0 saturated carbocycles. The predicted octanol–water partition coefficient (Wildman–Crippen LogP) is 2.79. The molecule has 118 valence electrons. The molecule has 0 amide bonds. The number of unbranched alkanes of at least 4 members (excludes halogenated alkanes) is 3. The van der Waals surface area contributed by atoms with Gasteiger partial charge in [-0.2, -0.15) is 0 Å². The van der Waals surface area contributed by atoms with Crippen molar-refractivity contribution in [2.24, 2.45) is 5.14 Å². The zero-order valence-corrected chi connectivity index (χ0v) is 13.3. The lowest BCUT2D eigenvalue weighted by molar-refractivity contribution is 0.304. The van der Waals surface area contributed by atoms with Crippen molar-refractivity contribution in [3.63, 3.8) is 0 Å². The lowest BCUT2D eigenvalue weighted by Crippen LogP contribution is -2.16. The quantitative estimate of drug-likeness (QED) is 0.751. The molecule has 0 atom stereocenters. The van der Waals surface area contributed by atoms with Gasteiger partial charge in [-0.1, -0.05) is 18.9 Å². The van der Waals surface area contributed by atoms with E-state index in [0.29, 0.717) is 13.0 Å². The fourth-order valence-corrected chi connectivity index (χ4v) is 3.35. The van der Waals surface area contributed by atoms with Crippen molar-refractivity contribution >= 4 is 10.0 Å².